The summed E-state index contributed by atoms with van der Waals surface area (Å²) in [4.78, 5) is 14.5. The number of carbonyl (C=O) groups is 1. The predicted octanol–water partition coefficient (Wildman–Crippen LogP) is 4.07. The highest BCUT2D eigenvalue weighted by Crippen LogP contribution is 2.48. The van der Waals surface area contributed by atoms with Gasteiger partial charge in [0.25, 0.3) is 5.91 Å². The van der Waals surface area contributed by atoms with Gasteiger partial charge in [-0.3, -0.25) is 9.69 Å². The molecule has 2 heterocycles. The number of hydrogen-bond donors (Lipinski definition) is 0. The van der Waals surface area contributed by atoms with Crippen LogP contribution < -0.4 is 9.47 Å². The van der Waals surface area contributed by atoms with Gasteiger partial charge in [-0.15, -0.1) is 0 Å². The number of carbonyl (C=O) groups excluding carboxylic acids is 1. The van der Waals surface area contributed by atoms with Crippen molar-refractivity contribution in [3.05, 3.63) is 57.6 Å². The minimum Gasteiger partial charge on any atom is -0.497 e. The normalized spacial score (nSPS) is 21.8. The Morgan fingerprint density at radius 1 is 1.18 bits per heavy atom. The molecule has 0 aliphatic carbocycles. The van der Waals surface area contributed by atoms with Crippen molar-refractivity contribution in [2.24, 2.45) is 0 Å². The third kappa shape index (κ3) is 1.78. The van der Waals surface area contributed by atoms with Crippen LogP contribution in [-0.4, -0.2) is 17.9 Å². The van der Waals surface area contributed by atoms with Crippen LogP contribution in [0.25, 0.3) is 0 Å². The minimum absolute atomic E-state index is 0.00210. The summed E-state index contributed by atoms with van der Waals surface area (Å²) in [7, 11) is 1.63. The first-order valence-electron chi connectivity index (χ1n) is 7.07. The summed E-state index contributed by atoms with van der Waals surface area (Å²) >= 11 is 3.43. The van der Waals surface area contributed by atoms with E-state index in [4.69, 9.17) is 9.47 Å². The quantitative estimate of drug-likeness (QED) is 0.770. The van der Waals surface area contributed by atoms with Crippen molar-refractivity contribution in [2.75, 3.05) is 7.11 Å². The number of ether oxygens (including phenoxy) is 2. The van der Waals surface area contributed by atoms with Crippen LogP contribution in [0.1, 0.15) is 40.7 Å². The molecule has 4 nitrogen and oxygen atoms in total. The summed E-state index contributed by atoms with van der Waals surface area (Å²) in [5, 5.41) is 0. The monoisotopic (exact) mass is 359 g/mol. The first kappa shape index (κ1) is 13.6. The maximum Gasteiger partial charge on any atom is 0.258 e. The van der Waals surface area contributed by atoms with Crippen LogP contribution >= 0.6 is 15.9 Å². The molecule has 0 spiro atoms. The first-order valence-corrected chi connectivity index (χ1v) is 7.86. The Labute approximate surface area is 136 Å². The molecular formula is C17H14BrNO3. The van der Waals surface area contributed by atoms with E-state index in [9.17, 15) is 4.79 Å². The van der Waals surface area contributed by atoms with E-state index in [1.54, 1.807) is 12.0 Å². The Morgan fingerprint density at radius 3 is 2.77 bits per heavy atom. The number of methoxy groups -OCH3 is 1. The molecule has 2 aromatic rings. The van der Waals surface area contributed by atoms with Gasteiger partial charge in [0.2, 0.25) is 6.23 Å². The molecule has 1 amide bonds. The molecule has 5 heteroatoms. The lowest BCUT2D eigenvalue weighted by Gasteiger charge is -2.37. The van der Waals surface area contributed by atoms with E-state index in [1.807, 2.05) is 43.3 Å². The maximum absolute atomic E-state index is 12.8. The second kappa shape index (κ2) is 4.74. The molecule has 0 radical (unpaired) electrons. The van der Waals surface area contributed by atoms with Crippen molar-refractivity contribution in [3.8, 4) is 11.5 Å². The van der Waals surface area contributed by atoms with E-state index in [0.717, 1.165) is 27.1 Å². The molecule has 4 rings (SSSR count). The van der Waals surface area contributed by atoms with Crippen molar-refractivity contribution >= 4 is 21.8 Å². The molecule has 112 valence electrons. The average molecular weight is 360 g/mol. The van der Waals surface area contributed by atoms with Crippen molar-refractivity contribution in [3.63, 3.8) is 0 Å². The molecule has 0 saturated heterocycles. The Kier molecular flexibility index (Phi) is 2.94. The molecule has 2 aliphatic heterocycles. The first-order chi connectivity index (χ1) is 10.6. The fourth-order valence-electron chi connectivity index (χ4n) is 3.18. The number of hydrogen-bond acceptors (Lipinski definition) is 3. The topological polar surface area (TPSA) is 38.8 Å². The lowest BCUT2D eigenvalue weighted by atomic mass is 10.0. The van der Waals surface area contributed by atoms with Gasteiger partial charge in [0, 0.05) is 21.2 Å². The van der Waals surface area contributed by atoms with E-state index >= 15 is 0 Å². The molecule has 2 atom stereocenters. The Bertz CT molecular complexity index is 789. The Morgan fingerprint density at radius 2 is 2.00 bits per heavy atom. The van der Waals surface area contributed by atoms with Gasteiger partial charge >= 0.3 is 0 Å². The third-order valence-corrected chi connectivity index (χ3v) is 4.82. The van der Waals surface area contributed by atoms with E-state index in [0.29, 0.717) is 5.56 Å². The van der Waals surface area contributed by atoms with Crippen LogP contribution in [0.15, 0.2) is 40.9 Å². The van der Waals surface area contributed by atoms with Crippen LogP contribution in [0.2, 0.25) is 0 Å². The summed E-state index contributed by atoms with van der Waals surface area (Å²) < 4.78 is 12.3. The van der Waals surface area contributed by atoms with Crippen molar-refractivity contribution in [1.29, 1.82) is 0 Å². The van der Waals surface area contributed by atoms with Crippen molar-refractivity contribution < 1.29 is 14.3 Å². The van der Waals surface area contributed by atoms with Crippen LogP contribution in [0.4, 0.5) is 0 Å². The van der Waals surface area contributed by atoms with Gasteiger partial charge in [-0.05, 0) is 37.3 Å². The molecule has 0 bridgehead atoms. The molecule has 2 aromatic carbocycles. The molecule has 0 fully saturated rings. The van der Waals surface area contributed by atoms with Gasteiger partial charge in [0.05, 0.1) is 13.2 Å². The van der Waals surface area contributed by atoms with Crippen LogP contribution in [0, 0.1) is 0 Å². The Hall–Kier alpha value is -2.01. The number of fused-ring (bicyclic) bond motifs is 4. The van der Waals surface area contributed by atoms with Gasteiger partial charge in [-0.1, -0.05) is 22.0 Å². The highest BCUT2D eigenvalue weighted by atomic mass is 79.9. The van der Waals surface area contributed by atoms with Crippen molar-refractivity contribution in [2.45, 2.75) is 19.2 Å². The van der Waals surface area contributed by atoms with E-state index < -0.39 is 0 Å². The Balaban J connectivity index is 1.84. The van der Waals surface area contributed by atoms with E-state index in [-0.39, 0.29) is 18.2 Å². The fourth-order valence-corrected chi connectivity index (χ4v) is 3.54. The number of nitrogens with zero attached hydrogens (tertiary/aromatic N) is 1. The second-order valence-corrected chi connectivity index (χ2v) is 6.41. The number of halogens is 1. The molecule has 0 aromatic heterocycles. The van der Waals surface area contributed by atoms with E-state index in [1.165, 1.54) is 0 Å². The van der Waals surface area contributed by atoms with Gasteiger partial charge in [-0.2, -0.15) is 0 Å². The average Bonchev–Trinajstić information content (AvgIpc) is 2.80. The molecular weight excluding hydrogens is 346 g/mol. The van der Waals surface area contributed by atoms with Gasteiger partial charge in [-0.25, -0.2) is 0 Å². The summed E-state index contributed by atoms with van der Waals surface area (Å²) in [6.07, 6.45) is -0.355. The van der Waals surface area contributed by atoms with Gasteiger partial charge < -0.3 is 9.47 Å². The van der Waals surface area contributed by atoms with Gasteiger partial charge in [0.1, 0.15) is 11.5 Å². The summed E-state index contributed by atoms with van der Waals surface area (Å²) in [5.41, 5.74) is 2.59. The second-order valence-electron chi connectivity index (χ2n) is 5.49. The van der Waals surface area contributed by atoms with Gasteiger partial charge in [0.15, 0.2) is 0 Å². The molecule has 0 N–H and O–H groups in total. The molecule has 0 unspecified atom stereocenters. The zero-order valence-electron chi connectivity index (χ0n) is 12.2. The zero-order chi connectivity index (χ0) is 15.4. The number of amides is 1. The highest BCUT2D eigenvalue weighted by Gasteiger charge is 2.45. The predicted molar refractivity (Wildman–Crippen MR) is 85.1 cm³/mol. The third-order valence-electron chi connectivity index (χ3n) is 4.32. The summed E-state index contributed by atoms with van der Waals surface area (Å²) in [5.74, 6) is 1.57. The summed E-state index contributed by atoms with van der Waals surface area (Å²) in [6, 6.07) is 11.4. The lowest BCUT2D eigenvalue weighted by molar-refractivity contribution is -0.00192. The standard InChI is InChI=1S/C17H14BrNO3/c1-9-13-8-11(21-2)4-6-15(13)22-17-12-5-3-10(18)7-14(12)16(20)19(9)17/h3-9,17H,1-2H3/t9-,17-/m1/s1. The number of benzene rings is 2. The summed E-state index contributed by atoms with van der Waals surface area (Å²) in [6.45, 7) is 2.02. The van der Waals surface area contributed by atoms with E-state index in [2.05, 4.69) is 15.9 Å². The zero-order valence-corrected chi connectivity index (χ0v) is 13.8. The molecule has 22 heavy (non-hydrogen) atoms. The smallest absolute Gasteiger partial charge is 0.258 e. The largest absolute Gasteiger partial charge is 0.497 e. The van der Waals surface area contributed by atoms with Crippen LogP contribution in [0.3, 0.4) is 0 Å². The fraction of sp³-hybridized carbons (Fsp3) is 0.235. The SMILES string of the molecule is COc1ccc2c(c1)[C@@H](C)N1C(=O)c3cc(Br)ccc3[C@H]1O2. The highest BCUT2D eigenvalue weighted by molar-refractivity contribution is 9.10. The van der Waals surface area contributed by atoms with Crippen LogP contribution in [-0.2, 0) is 0 Å². The molecule has 2 aliphatic rings. The minimum atomic E-state index is -0.355. The molecule has 0 saturated carbocycles. The van der Waals surface area contributed by atoms with Crippen LogP contribution in [0.5, 0.6) is 11.5 Å². The lowest BCUT2D eigenvalue weighted by Crippen LogP contribution is -2.37. The maximum atomic E-state index is 12.8. The van der Waals surface area contributed by atoms with Crippen molar-refractivity contribution in [1.82, 2.24) is 4.90 Å². The number of rotatable bonds is 1.